The highest BCUT2D eigenvalue weighted by atomic mass is 16.2. The summed E-state index contributed by atoms with van der Waals surface area (Å²) >= 11 is 0. The summed E-state index contributed by atoms with van der Waals surface area (Å²) in [6.07, 6.45) is 0. The first kappa shape index (κ1) is 24.7. The van der Waals surface area contributed by atoms with Gasteiger partial charge in [0, 0.05) is 47.6 Å². The first-order valence-electron chi connectivity index (χ1n) is 13.3. The Hall–Kier alpha value is -4.63. The van der Waals surface area contributed by atoms with Gasteiger partial charge in [0.2, 0.25) is 0 Å². The van der Waals surface area contributed by atoms with Gasteiger partial charge in [0.25, 0.3) is 5.91 Å². The Bertz CT molecular complexity index is 1680. The molecule has 2 aliphatic rings. The van der Waals surface area contributed by atoms with Crippen LogP contribution >= 0.6 is 0 Å². The highest BCUT2D eigenvalue weighted by Gasteiger charge is 2.43. The van der Waals surface area contributed by atoms with Crippen LogP contribution in [0.5, 0.6) is 0 Å². The smallest absolute Gasteiger partial charge is 0.259 e. The van der Waals surface area contributed by atoms with E-state index in [1.165, 1.54) is 11.3 Å². The van der Waals surface area contributed by atoms with Gasteiger partial charge in [0.05, 0.1) is 11.3 Å². The number of carbonyl (C=O) groups excluding carboxylic acids is 1. The van der Waals surface area contributed by atoms with Gasteiger partial charge in [-0.3, -0.25) is 4.79 Å². The molecule has 39 heavy (non-hydrogen) atoms. The predicted octanol–water partition coefficient (Wildman–Crippen LogP) is 7.97. The third kappa shape index (κ3) is 3.77. The van der Waals surface area contributed by atoms with Crippen LogP contribution in [0.4, 0.5) is 11.4 Å². The summed E-state index contributed by atoms with van der Waals surface area (Å²) < 4.78 is 0. The summed E-state index contributed by atoms with van der Waals surface area (Å²) in [6, 6.07) is 37.2. The molecule has 0 saturated heterocycles. The van der Waals surface area contributed by atoms with E-state index in [0.717, 1.165) is 44.8 Å². The van der Waals surface area contributed by atoms with Crippen LogP contribution in [0.15, 0.2) is 127 Å². The third-order valence-corrected chi connectivity index (χ3v) is 8.14. The Kier molecular flexibility index (Phi) is 5.88. The minimum absolute atomic E-state index is 0.00927. The monoisotopic (exact) mass is 508 g/mol. The van der Waals surface area contributed by atoms with Gasteiger partial charge in [-0.2, -0.15) is 0 Å². The number of benzene rings is 4. The van der Waals surface area contributed by atoms with Crippen molar-refractivity contribution < 1.29 is 4.79 Å². The molecular formula is C36H32N2O. The van der Waals surface area contributed by atoms with E-state index in [1.807, 2.05) is 61.6 Å². The zero-order chi connectivity index (χ0) is 27.3. The van der Waals surface area contributed by atoms with Crippen molar-refractivity contribution in [2.75, 3.05) is 23.9 Å². The van der Waals surface area contributed by atoms with Crippen LogP contribution in [0.2, 0.25) is 0 Å². The standard InChI is InChI=1S/C36H32N2O/c1-24(25-16-8-6-9-17-25)31(34-36(2,3)28-21-13-15-23-30(28)37(34)4)32(26-18-10-7-11-19-26)33-27-20-12-14-22-29(27)38(5)35(33)39/h6-23H,1H2,2-5H3/b33-32-,34-31-. The number of hydrogen-bond donors (Lipinski definition) is 0. The quantitative estimate of drug-likeness (QED) is 0.261. The summed E-state index contributed by atoms with van der Waals surface area (Å²) in [4.78, 5) is 18.2. The molecular weight excluding hydrogens is 476 g/mol. The minimum Gasteiger partial charge on any atom is -0.346 e. The molecule has 0 saturated carbocycles. The second-order valence-electron chi connectivity index (χ2n) is 10.8. The first-order chi connectivity index (χ1) is 18.8. The molecule has 0 aromatic heterocycles. The molecule has 0 spiro atoms. The van der Waals surface area contributed by atoms with Crippen LogP contribution in [0.3, 0.4) is 0 Å². The summed E-state index contributed by atoms with van der Waals surface area (Å²) in [5.74, 6) is -0.00927. The van der Waals surface area contributed by atoms with Crippen molar-refractivity contribution in [2.24, 2.45) is 0 Å². The Balaban J connectivity index is 1.78. The number of anilines is 2. The van der Waals surface area contributed by atoms with Crippen molar-refractivity contribution in [1.29, 1.82) is 0 Å². The molecule has 6 rings (SSSR count). The van der Waals surface area contributed by atoms with Crippen LogP contribution < -0.4 is 9.80 Å². The van der Waals surface area contributed by atoms with Crippen molar-refractivity contribution in [3.63, 3.8) is 0 Å². The maximum absolute atomic E-state index is 14.1. The van der Waals surface area contributed by atoms with Gasteiger partial charge in [-0.15, -0.1) is 0 Å². The maximum atomic E-state index is 14.1. The van der Waals surface area contributed by atoms with E-state index in [-0.39, 0.29) is 11.3 Å². The lowest BCUT2D eigenvalue weighted by Gasteiger charge is -2.31. The molecule has 0 fully saturated rings. The molecule has 3 heteroatoms. The lowest BCUT2D eigenvalue weighted by atomic mass is 9.76. The molecule has 2 aliphatic heterocycles. The second-order valence-corrected chi connectivity index (χ2v) is 10.8. The SMILES string of the molecule is C=C(C(/C(=C1\C(=O)N(C)c2ccccc21)c1ccccc1)=C1/N(C)c2ccccc2C1(C)C)c1ccccc1. The van der Waals surface area contributed by atoms with Crippen LogP contribution in [-0.4, -0.2) is 20.0 Å². The lowest BCUT2D eigenvalue weighted by molar-refractivity contribution is -0.112. The molecule has 4 aromatic carbocycles. The lowest BCUT2D eigenvalue weighted by Crippen LogP contribution is -2.26. The Morgan fingerprint density at radius 3 is 1.85 bits per heavy atom. The number of para-hydroxylation sites is 2. The van der Waals surface area contributed by atoms with Crippen LogP contribution in [0, 0.1) is 0 Å². The summed E-state index contributed by atoms with van der Waals surface area (Å²) in [7, 11) is 3.99. The fourth-order valence-electron chi connectivity index (χ4n) is 6.27. The zero-order valence-corrected chi connectivity index (χ0v) is 22.9. The maximum Gasteiger partial charge on any atom is 0.259 e. The van der Waals surface area contributed by atoms with E-state index in [2.05, 4.69) is 80.4 Å². The topological polar surface area (TPSA) is 23.6 Å². The average molecular weight is 509 g/mol. The summed E-state index contributed by atoms with van der Waals surface area (Å²) in [5, 5.41) is 0. The fourth-order valence-corrected chi connectivity index (χ4v) is 6.27. The van der Waals surface area contributed by atoms with Crippen molar-refractivity contribution in [3.8, 4) is 0 Å². The van der Waals surface area contributed by atoms with E-state index in [4.69, 9.17) is 6.58 Å². The van der Waals surface area contributed by atoms with E-state index in [1.54, 1.807) is 4.90 Å². The normalized spacial score (nSPS) is 18.1. The van der Waals surface area contributed by atoms with E-state index < -0.39 is 0 Å². The van der Waals surface area contributed by atoms with Gasteiger partial charge in [-0.1, -0.05) is 117 Å². The Morgan fingerprint density at radius 2 is 1.21 bits per heavy atom. The fraction of sp³-hybridized carbons (Fsp3) is 0.139. The van der Waals surface area contributed by atoms with Gasteiger partial charge in [0.15, 0.2) is 0 Å². The summed E-state index contributed by atoms with van der Waals surface area (Å²) in [5.41, 5.74) is 10.6. The number of hydrogen-bond acceptors (Lipinski definition) is 2. The highest BCUT2D eigenvalue weighted by Crippen LogP contribution is 2.54. The van der Waals surface area contributed by atoms with Gasteiger partial charge in [-0.05, 0) is 34.4 Å². The summed E-state index contributed by atoms with van der Waals surface area (Å²) in [6.45, 7) is 9.25. The van der Waals surface area contributed by atoms with Gasteiger partial charge < -0.3 is 9.80 Å². The number of amides is 1. The largest absolute Gasteiger partial charge is 0.346 e. The number of rotatable bonds is 4. The number of allylic oxidation sites excluding steroid dienone is 4. The molecule has 0 aliphatic carbocycles. The van der Waals surface area contributed by atoms with Crippen molar-refractivity contribution in [2.45, 2.75) is 19.3 Å². The van der Waals surface area contributed by atoms with Crippen LogP contribution in [-0.2, 0) is 10.2 Å². The third-order valence-electron chi connectivity index (χ3n) is 8.14. The second kappa shape index (κ2) is 9.28. The molecule has 0 N–H and O–H groups in total. The Morgan fingerprint density at radius 1 is 0.667 bits per heavy atom. The van der Waals surface area contributed by atoms with Gasteiger partial charge >= 0.3 is 0 Å². The molecule has 2 heterocycles. The zero-order valence-electron chi connectivity index (χ0n) is 22.9. The molecule has 192 valence electrons. The minimum atomic E-state index is -0.327. The number of likely N-dealkylation sites (N-methyl/N-ethyl adjacent to an activating group) is 2. The number of nitrogens with zero attached hydrogens (tertiary/aromatic N) is 2. The van der Waals surface area contributed by atoms with E-state index in [0.29, 0.717) is 5.57 Å². The molecule has 0 atom stereocenters. The molecule has 1 amide bonds. The van der Waals surface area contributed by atoms with Crippen molar-refractivity contribution in [3.05, 3.63) is 149 Å². The van der Waals surface area contributed by atoms with Gasteiger partial charge in [0.1, 0.15) is 0 Å². The van der Waals surface area contributed by atoms with E-state index in [9.17, 15) is 4.79 Å². The molecule has 3 nitrogen and oxygen atoms in total. The highest BCUT2D eigenvalue weighted by molar-refractivity contribution is 6.39. The van der Waals surface area contributed by atoms with Crippen LogP contribution in [0.1, 0.15) is 36.1 Å². The van der Waals surface area contributed by atoms with E-state index >= 15 is 0 Å². The molecule has 4 aromatic rings. The van der Waals surface area contributed by atoms with Crippen LogP contribution in [0.25, 0.3) is 16.7 Å². The average Bonchev–Trinajstić information content (AvgIpc) is 3.33. The molecule has 0 unspecified atom stereocenters. The number of carbonyl (C=O) groups is 1. The number of fused-ring (bicyclic) bond motifs is 2. The van der Waals surface area contributed by atoms with Crippen molar-refractivity contribution in [1.82, 2.24) is 0 Å². The predicted molar refractivity (Wildman–Crippen MR) is 163 cm³/mol. The molecule has 0 bridgehead atoms. The van der Waals surface area contributed by atoms with Gasteiger partial charge in [-0.25, -0.2) is 0 Å². The Labute approximate surface area is 231 Å². The first-order valence-corrected chi connectivity index (χ1v) is 13.3. The van der Waals surface area contributed by atoms with Crippen molar-refractivity contribution >= 4 is 34.0 Å². The molecule has 0 radical (unpaired) electrons.